The van der Waals surface area contributed by atoms with Gasteiger partial charge in [-0.25, -0.2) is 23.2 Å². The van der Waals surface area contributed by atoms with Crippen LogP contribution in [0.2, 0.25) is 12.6 Å². The van der Waals surface area contributed by atoms with Crippen molar-refractivity contribution in [3.05, 3.63) is 70.8 Å². The number of nitrogens with zero attached hydrogens (tertiary/aromatic N) is 7. The van der Waals surface area contributed by atoms with Gasteiger partial charge in [0.15, 0.2) is 22.7 Å². The highest BCUT2D eigenvalue weighted by Crippen LogP contribution is 2.34. The van der Waals surface area contributed by atoms with Gasteiger partial charge in [-0.1, -0.05) is 33.4 Å². The summed E-state index contributed by atoms with van der Waals surface area (Å²) in [5, 5.41) is 23.6. The van der Waals surface area contributed by atoms with Gasteiger partial charge < -0.3 is 4.74 Å². The summed E-state index contributed by atoms with van der Waals surface area (Å²) in [6.45, 7) is 6.38. The second-order valence-electron chi connectivity index (χ2n) is 9.72. The zero-order chi connectivity index (χ0) is 31.1. The Labute approximate surface area is 252 Å². The molecule has 2 aromatic heterocycles. The van der Waals surface area contributed by atoms with Crippen LogP contribution < -0.4 is 15.0 Å². The third kappa shape index (κ3) is 6.77. The van der Waals surface area contributed by atoms with Crippen molar-refractivity contribution < 1.29 is 13.3 Å². The molecule has 1 unspecified atom stereocenters. The van der Waals surface area contributed by atoms with E-state index in [1.54, 1.807) is 25.5 Å². The first-order chi connectivity index (χ1) is 20.8. The lowest BCUT2D eigenvalue weighted by molar-refractivity contribution is 0.414. The molecule has 222 valence electrons. The zero-order valence-corrected chi connectivity index (χ0v) is 25.3. The Hall–Kier alpha value is -4.53. The van der Waals surface area contributed by atoms with Gasteiger partial charge in [-0.15, -0.1) is 0 Å². The standard InChI is InChI=1S/C27H26BFN8O3S.C2H6/c1-3-35(2)41(39)34-25-7-5-23(29)26(22(25)13-30)40-20-4-6-24-21(12-20)27(38)36(17-32-24)19-14-33-37(15-19)18-8-10-28(16-31)11-9-18;1-2/h4-7,12,14-15,17-18,34H,3,8-11H2,1-2H3;1-2H3. The summed E-state index contributed by atoms with van der Waals surface area (Å²) >= 11 is -1.65. The van der Waals surface area contributed by atoms with E-state index in [-0.39, 0.29) is 46.4 Å². The minimum Gasteiger partial charge on any atom is -0.453 e. The molecular weight excluding hydrogens is 570 g/mol. The Morgan fingerprint density at radius 1 is 1.23 bits per heavy atom. The van der Waals surface area contributed by atoms with E-state index in [2.05, 4.69) is 20.8 Å². The molecule has 43 heavy (non-hydrogen) atoms. The van der Waals surface area contributed by atoms with Crippen LogP contribution in [0.15, 0.2) is 53.8 Å². The monoisotopic (exact) mass is 602 g/mol. The van der Waals surface area contributed by atoms with Crippen molar-refractivity contribution in [3.63, 3.8) is 0 Å². The average molecular weight is 603 g/mol. The SMILES string of the molecule is CC.CCN(C)S(=O)Nc1ccc(F)c(Oc2ccc3ncn(-c4cnn(C5CCB(C#N)CC5)c4)c(=O)c3c2)c1C#N. The molecule has 1 saturated heterocycles. The molecule has 0 radical (unpaired) electrons. The summed E-state index contributed by atoms with van der Waals surface area (Å²) < 4.78 is 40.5. The molecule has 2 aromatic carbocycles. The van der Waals surface area contributed by atoms with Gasteiger partial charge in [0.1, 0.15) is 23.7 Å². The molecule has 0 spiro atoms. The lowest BCUT2D eigenvalue weighted by Gasteiger charge is -2.23. The maximum Gasteiger partial charge on any atom is 0.268 e. The van der Waals surface area contributed by atoms with Crippen LogP contribution in [-0.2, 0) is 11.2 Å². The second-order valence-corrected chi connectivity index (χ2v) is 11.0. The Morgan fingerprint density at radius 3 is 2.65 bits per heavy atom. The van der Waals surface area contributed by atoms with E-state index in [1.165, 1.54) is 33.4 Å². The van der Waals surface area contributed by atoms with Gasteiger partial charge in [-0.3, -0.25) is 18.8 Å². The molecule has 1 aliphatic heterocycles. The average Bonchev–Trinajstić information content (AvgIpc) is 3.53. The van der Waals surface area contributed by atoms with E-state index in [9.17, 15) is 18.7 Å². The molecule has 0 bridgehead atoms. The molecule has 1 fully saturated rings. The minimum atomic E-state index is -1.65. The first-order valence-electron chi connectivity index (χ1n) is 14.1. The second kappa shape index (κ2) is 14.1. The highest BCUT2D eigenvalue weighted by Gasteiger charge is 2.26. The fourth-order valence-electron chi connectivity index (χ4n) is 4.73. The van der Waals surface area contributed by atoms with Gasteiger partial charge in [0.25, 0.3) is 12.3 Å². The number of aromatic nitrogens is 4. The molecule has 14 heteroatoms. The van der Waals surface area contributed by atoms with Gasteiger partial charge in [-0.05, 0) is 43.2 Å². The van der Waals surface area contributed by atoms with Crippen molar-refractivity contribution in [1.82, 2.24) is 23.6 Å². The number of benzene rings is 2. The first-order valence-corrected chi connectivity index (χ1v) is 15.2. The number of ether oxygens (including phenoxy) is 1. The maximum atomic E-state index is 14.8. The predicted octanol–water partition coefficient (Wildman–Crippen LogP) is 5.25. The summed E-state index contributed by atoms with van der Waals surface area (Å²) in [4.78, 5) is 17.9. The van der Waals surface area contributed by atoms with Crippen LogP contribution in [0.4, 0.5) is 10.1 Å². The topological polar surface area (TPSA) is 142 Å². The molecule has 0 aliphatic carbocycles. The van der Waals surface area contributed by atoms with Gasteiger partial charge in [0.2, 0.25) is 0 Å². The van der Waals surface area contributed by atoms with E-state index in [0.29, 0.717) is 17.7 Å². The van der Waals surface area contributed by atoms with Crippen molar-refractivity contribution in [3.8, 4) is 29.2 Å². The van der Waals surface area contributed by atoms with Crippen LogP contribution in [0.1, 0.15) is 45.2 Å². The number of halogens is 1. The number of hydrogen-bond donors (Lipinski definition) is 1. The number of nitrogens with one attached hydrogen (secondary N) is 1. The van der Waals surface area contributed by atoms with Crippen LogP contribution in [0.3, 0.4) is 0 Å². The van der Waals surface area contributed by atoms with Crippen molar-refractivity contribution >= 4 is 34.5 Å². The lowest BCUT2D eigenvalue weighted by Crippen LogP contribution is -2.26. The van der Waals surface area contributed by atoms with Crippen LogP contribution in [0.25, 0.3) is 16.6 Å². The molecule has 0 saturated carbocycles. The molecule has 1 atom stereocenters. The van der Waals surface area contributed by atoms with Gasteiger partial charge >= 0.3 is 0 Å². The smallest absolute Gasteiger partial charge is 0.268 e. The quantitative estimate of drug-likeness (QED) is 0.272. The Morgan fingerprint density at radius 2 is 1.98 bits per heavy atom. The summed E-state index contributed by atoms with van der Waals surface area (Å²) in [5.41, 5.74) is 0.561. The van der Waals surface area contributed by atoms with Crippen LogP contribution >= 0.6 is 0 Å². The summed E-state index contributed by atoms with van der Waals surface area (Å²) in [6, 6.07) is 9.05. The number of hydrogen-bond acceptors (Lipinski definition) is 7. The molecule has 11 nitrogen and oxygen atoms in total. The van der Waals surface area contributed by atoms with Crippen molar-refractivity contribution in [2.45, 2.75) is 52.3 Å². The van der Waals surface area contributed by atoms with E-state index in [4.69, 9.17) is 10.00 Å². The first kappa shape index (κ1) is 31.4. The maximum absolute atomic E-state index is 14.8. The van der Waals surface area contributed by atoms with Gasteiger partial charge in [-0.2, -0.15) is 10.4 Å². The van der Waals surface area contributed by atoms with Crippen LogP contribution in [-0.4, -0.2) is 48.2 Å². The largest absolute Gasteiger partial charge is 0.453 e. The molecule has 3 heterocycles. The summed E-state index contributed by atoms with van der Waals surface area (Å²) in [7, 11) is 1.64. The van der Waals surface area contributed by atoms with Crippen molar-refractivity contribution in [1.29, 1.82) is 10.5 Å². The Balaban J connectivity index is 0.00000207. The number of rotatable bonds is 8. The number of anilines is 1. The van der Waals surface area contributed by atoms with Crippen LogP contribution in [0.5, 0.6) is 11.5 Å². The molecule has 1 aliphatic rings. The molecule has 1 N–H and O–H groups in total. The van der Waals surface area contributed by atoms with Gasteiger partial charge in [0.05, 0.1) is 34.5 Å². The van der Waals surface area contributed by atoms with E-state index in [1.807, 2.05) is 31.5 Å². The zero-order valence-electron chi connectivity index (χ0n) is 24.5. The Bertz CT molecular complexity index is 1770. The predicted molar refractivity (Wildman–Crippen MR) is 165 cm³/mol. The summed E-state index contributed by atoms with van der Waals surface area (Å²) in [5.74, 6) is 1.31. The molecule has 0 amide bonds. The number of nitriles is 2. The van der Waals surface area contributed by atoms with E-state index < -0.39 is 17.0 Å². The highest BCUT2D eigenvalue weighted by atomic mass is 32.2. The van der Waals surface area contributed by atoms with Crippen molar-refractivity contribution in [2.75, 3.05) is 18.3 Å². The number of fused-ring (bicyclic) bond motifs is 1. The van der Waals surface area contributed by atoms with Crippen molar-refractivity contribution in [2.24, 2.45) is 0 Å². The normalized spacial score (nSPS) is 14.0. The molecular formula is C29H32BFN8O3S. The third-order valence-electron chi connectivity index (χ3n) is 7.22. The molecule has 5 rings (SSSR count). The van der Waals surface area contributed by atoms with E-state index >= 15 is 0 Å². The van der Waals surface area contributed by atoms with Crippen LogP contribution in [0, 0.1) is 28.4 Å². The highest BCUT2D eigenvalue weighted by molar-refractivity contribution is 7.84. The fraction of sp³-hybridized carbons (Fsp3) is 0.345. The third-order valence-corrected chi connectivity index (χ3v) is 8.43. The minimum absolute atomic E-state index is 0.0770. The van der Waals surface area contributed by atoms with Gasteiger partial charge in [0, 0.05) is 25.8 Å². The summed E-state index contributed by atoms with van der Waals surface area (Å²) in [6.07, 6.45) is 8.13. The lowest BCUT2D eigenvalue weighted by atomic mass is 9.42. The van der Waals surface area contributed by atoms with E-state index in [0.717, 1.165) is 31.5 Å². The molecule has 4 aromatic rings. The fourth-order valence-corrected chi connectivity index (χ4v) is 5.48. The Kier molecular flexibility index (Phi) is 10.3.